The predicted octanol–water partition coefficient (Wildman–Crippen LogP) is 1.98. The summed E-state index contributed by atoms with van der Waals surface area (Å²) < 4.78 is 5.13. The van der Waals surface area contributed by atoms with Crippen LogP contribution in [0.4, 0.5) is 0 Å². The van der Waals surface area contributed by atoms with Gasteiger partial charge < -0.3 is 10.1 Å². The quantitative estimate of drug-likeness (QED) is 0.843. The maximum atomic E-state index is 12.2. The van der Waals surface area contributed by atoms with Crippen LogP contribution in [0.3, 0.4) is 0 Å². The molecular weight excluding hydrogens is 272 g/mol. The topological polar surface area (TPSA) is 41.6 Å². The smallest absolute Gasteiger partial charge is 0.251 e. The first-order valence-electron chi connectivity index (χ1n) is 6.77. The number of carbonyl (C=O) groups excluding carboxylic acids is 1. The maximum Gasteiger partial charge on any atom is 0.251 e. The molecule has 2 rings (SSSR count). The van der Waals surface area contributed by atoms with Crippen LogP contribution in [0.15, 0.2) is 24.3 Å². The molecule has 1 fully saturated rings. The zero-order chi connectivity index (χ0) is 14.7. The molecule has 1 aliphatic rings. The number of amides is 1. The van der Waals surface area contributed by atoms with E-state index in [9.17, 15) is 4.79 Å². The van der Waals surface area contributed by atoms with Gasteiger partial charge in [-0.05, 0) is 42.3 Å². The highest BCUT2D eigenvalue weighted by molar-refractivity contribution is 7.80. The number of rotatable bonds is 5. The van der Waals surface area contributed by atoms with Gasteiger partial charge in [-0.15, -0.1) is 0 Å². The van der Waals surface area contributed by atoms with E-state index in [0.717, 1.165) is 17.7 Å². The minimum Gasteiger partial charge on any atom is -0.497 e. The van der Waals surface area contributed by atoms with Crippen molar-refractivity contribution in [2.45, 2.75) is 26.3 Å². The van der Waals surface area contributed by atoms with Gasteiger partial charge in [0.1, 0.15) is 11.8 Å². The Bertz CT molecular complexity index is 499. The molecule has 0 aromatic heterocycles. The third-order valence-electron chi connectivity index (χ3n) is 3.51. The number of nitrogens with zero attached hydrogens (tertiary/aromatic N) is 1. The second-order valence-corrected chi connectivity index (χ2v) is 5.65. The molecule has 5 heteroatoms. The van der Waals surface area contributed by atoms with Gasteiger partial charge in [-0.1, -0.05) is 26.0 Å². The second-order valence-electron chi connectivity index (χ2n) is 5.26. The van der Waals surface area contributed by atoms with Gasteiger partial charge in [0.05, 0.1) is 7.11 Å². The molecule has 1 aromatic carbocycles. The molecule has 0 saturated carbocycles. The standard InChI is InChI=1S/C15H20N2O2S/c1-10(2)13-14(18)17(15(20)16-13)9-8-11-4-6-12(19-3)7-5-11/h4-7,10,13H,8-9H2,1-3H3,(H,16,20)/t13-/m1/s1. The molecule has 0 radical (unpaired) electrons. The molecule has 1 heterocycles. The fourth-order valence-corrected chi connectivity index (χ4v) is 2.55. The number of ether oxygens (including phenoxy) is 1. The van der Waals surface area contributed by atoms with Gasteiger partial charge in [0.2, 0.25) is 0 Å². The molecular formula is C15H20N2O2S. The molecule has 0 spiro atoms. The summed E-state index contributed by atoms with van der Waals surface area (Å²) >= 11 is 5.24. The lowest BCUT2D eigenvalue weighted by Crippen LogP contribution is -2.35. The molecule has 1 aromatic rings. The fraction of sp³-hybridized carbons (Fsp3) is 0.467. The Labute approximate surface area is 125 Å². The van der Waals surface area contributed by atoms with Crippen LogP contribution < -0.4 is 10.1 Å². The highest BCUT2D eigenvalue weighted by atomic mass is 32.1. The van der Waals surface area contributed by atoms with Crippen molar-refractivity contribution >= 4 is 23.2 Å². The predicted molar refractivity (Wildman–Crippen MR) is 82.8 cm³/mol. The Morgan fingerprint density at radius 3 is 2.50 bits per heavy atom. The lowest BCUT2D eigenvalue weighted by atomic mass is 10.0. The van der Waals surface area contributed by atoms with Gasteiger partial charge in [0, 0.05) is 6.54 Å². The first-order valence-corrected chi connectivity index (χ1v) is 7.18. The maximum absolute atomic E-state index is 12.2. The zero-order valence-corrected chi connectivity index (χ0v) is 12.9. The van der Waals surface area contributed by atoms with Crippen LogP contribution in [0.25, 0.3) is 0 Å². The van der Waals surface area contributed by atoms with Crippen molar-refractivity contribution in [3.8, 4) is 5.75 Å². The molecule has 1 amide bonds. The lowest BCUT2D eigenvalue weighted by molar-refractivity contribution is -0.127. The largest absolute Gasteiger partial charge is 0.497 e. The Hall–Kier alpha value is -1.62. The van der Waals surface area contributed by atoms with Crippen molar-refractivity contribution in [3.05, 3.63) is 29.8 Å². The summed E-state index contributed by atoms with van der Waals surface area (Å²) in [6.07, 6.45) is 0.780. The summed E-state index contributed by atoms with van der Waals surface area (Å²) in [6.45, 7) is 4.65. The summed E-state index contributed by atoms with van der Waals surface area (Å²) in [4.78, 5) is 13.9. The minimum absolute atomic E-state index is 0.0820. The molecule has 108 valence electrons. The Morgan fingerprint density at radius 1 is 1.35 bits per heavy atom. The fourth-order valence-electron chi connectivity index (χ4n) is 2.24. The van der Waals surface area contributed by atoms with Crippen LogP contribution >= 0.6 is 12.2 Å². The highest BCUT2D eigenvalue weighted by Gasteiger charge is 2.36. The average molecular weight is 292 g/mol. The molecule has 20 heavy (non-hydrogen) atoms. The number of carbonyl (C=O) groups is 1. The van der Waals surface area contributed by atoms with Crippen molar-refractivity contribution in [2.75, 3.05) is 13.7 Å². The summed E-state index contributed by atoms with van der Waals surface area (Å²) in [6, 6.07) is 7.69. The van der Waals surface area contributed by atoms with Crippen molar-refractivity contribution in [1.29, 1.82) is 0 Å². The van der Waals surface area contributed by atoms with Crippen molar-refractivity contribution in [2.24, 2.45) is 5.92 Å². The molecule has 0 unspecified atom stereocenters. The Balaban J connectivity index is 1.96. The van der Waals surface area contributed by atoms with Crippen LogP contribution in [0.5, 0.6) is 5.75 Å². The Morgan fingerprint density at radius 2 is 2.00 bits per heavy atom. The van der Waals surface area contributed by atoms with E-state index < -0.39 is 0 Å². The minimum atomic E-state index is -0.182. The summed E-state index contributed by atoms with van der Waals surface area (Å²) in [5.41, 5.74) is 1.16. The number of thiocarbonyl (C=S) groups is 1. The zero-order valence-electron chi connectivity index (χ0n) is 12.1. The number of hydrogen-bond donors (Lipinski definition) is 1. The number of nitrogens with one attached hydrogen (secondary N) is 1. The van der Waals surface area contributed by atoms with Gasteiger partial charge in [-0.25, -0.2) is 0 Å². The van der Waals surface area contributed by atoms with Gasteiger partial charge in [0.15, 0.2) is 5.11 Å². The SMILES string of the molecule is COc1ccc(CCN2C(=O)[C@@H](C(C)C)NC2=S)cc1. The Kier molecular flexibility index (Phi) is 4.60. The van der Waals surface area contributed by atoms with E-state index in [4.69, 9.17) is 17.0 Å². The van der Waals surface area contributed by atoms with E-state index >= 15 is 0 Å². The van der Waals surface area contributed by atoms with Crippen molar-refractivity contribution < 1.29 is 9.53 Å². The normalized spacial score (nSPS) is 18.6. The molecule has 1 atom stereocenters. The van der Waals surface area contributed by atoms with Crippen LogP contribution in [-0.2, 0) is 11.2 Å². The number of methoxy groups -OCH3 is 1. The van der Waals surface area contributed by atoms with E-state index in [1.165, 1.54) is 0 Å². The third-order valence-corrected chi connectivity index (χ3v) is 3.84. The van der Waals surface area contributed by atoms with Gasteiger partial charge in [0.25, 0.3) is 5.91 Å². The summed E-state index contributed by atoms with van der Waals surface area (Å²) in [5, 5.41) is 3.64. The molecule has 1 N–H and O–H groups in total. The molecule has 0 aliphatic carbocycles. The molecule has 1 aliphatic heterocycles. The van der Waals surface area contributed by atoms with Crippen LogP contribution in [0.1, 0.15) is 19.4 Å². The van der Waals surface area contributed by atoms with Crippen LogP contribution in [0.2, 0.25) is 0 Å². The van der Waals surface area contributed by atoms with Crippen molar-refractivity contribution in [3.63, 3.8) is 0 Å². The van der Waals surface area contributed by atoms with Gasteiger partial charge in [-0.2, -0.15) is 0 Å². The van der Waals surface area contributed by atoms with Gasteiger partial charge >= 0.3 is 0 Å². The van der Waals surface area contributed by atoms with Crippen LogP contribution in [-0.4, -0.2) is 35.6 Å². The van der Waals surface area contributed by atoms with E-state index in [0.29, 0.717) is 11.7 Å². The van der Waals surface area contributed by atoms with Gasteiger partial charge in [-0.3, -0.25) is 9.69 Å². The monoisotopic (exact) mass is 292 g/mol. The summed E-state index contributed by atoms with van der Waals surface area (Å²) in [7, 11) is 1.65. The van der Waals surface area contributed by atoms with E-state index in [-0.39, 0.29) is 17.9 Å². The molecule has 0 bridgehead atoms. The van der Waals surface area contributed by atoms with E-state index in [1.54, 1.807) is 12.0 Å². The number of hydrogen-bond acceptors (Lipinski definition) is 3. The number of benzene rings is 1. The third kappa shape index (κ3) is 3.10. The second kappa shape index (κ2) is 6.22. The van der Waals surface area contributed by atoms with Crippen molar-refractivity contribution in [1.82, 2.24) is 10.2 Å². The first kappa shape index (κ1) is 14.8. The van der Waals surface area contributed by atoms with Crippen LogP contribution in [0, 0.1) is 5.92 Å². The molecule has 4 nitrogen and oxygen atoms in total. The van der Waals surface area contributed by atoms with E-state index in [1.807, 2.05) is 38.1 Å². The average Bonchev–Trinajstić information content (AvgIpc) is 2.72. The summed E-state index contributed by atoms with van der Waals surface area (Å²) in [5.74, 6) is 1.16. The molecule has 1 saturated heterocycles. The highest BCUT2D eigenvalue weighted by Crippen LogP contribution is 2.16. The first-order chi connectivity index (χ1) is 9.52. The van der Waals surface area contributed by atoms with E-state index in [2.05, 4.69) is 5.32 Å². The lowest BCUT2D eigenvalue weighted by Gasteiger charge is -2.15.